The van der Waals surface area contributed by atoms with Crippen LogP contribution in [-0.4, -0.2) is 9.55 Å². The molecule has 0 atom stereocenters. The number of aromatic nitrogens is 2. The van der Waals surface area contributed by atoms with Crippen LogP contribution in [0.1, 0.15) is 17.0 Å². The molecule has 0 bridgehead atoms. The Morgan fingerprint density at radius 3 is 2.75 bits per heavy atom. The standard InChI is InChI=1S/C12H14ClN3/c1-8-9(2)16(7-15-8)6-10-5-11(14)3-4-12(10)13/h3-5,7H,6,14H2,1-2H3. The average Bonchev–Trinajstić information content (AvgIpc) is 2.55. The molecule has 16 heavy (non-hydrogen) atoms. The molecular formula is C12H14ClN3. The molecule has 0 aliphatic heterocycles. The molecule has 0 aliphatic carbocycles. The van der Waals surface area contributed by atoms with Gasteiger partial charge in [-0.25, -0.2) is 4.98 Å². The summed E-state index contributed by atoms with van der Waals surface area (Å²) in [6.45, 7) is 4.74. The monoisotopic (exact) mass is 235 g/mol. The minimum Gasteiger partial charge on any atom is -0.399 e. The highest BCUT2D eigenvalue weighted by atomic mass is 35.5. The lowest BCUT2D eigenvalue weighted by atomic mass is 10.2. The average molecular weight is 236 g/mol. The van der Waals surface area contributed by atoms with E-state index in [0.717, 1.165) is 27.7 Å². The van der Waals surface area contributed by atoms with E-state index in [4.69, 9.17) is 17.3 Å². The van der Waals surface area contributed by atoms with Crippen molar-refractivity contribution in [2.24, 2.45) is 0 Å². The Morgan fingerprint density at radius 1 is 1.38 bits per heavy atom. The first kappa shape index (κ1) is 11.0. The van der Waals surface area contributed by atoms with Crippen LogP contribution in [0.4, 0.5) is 5.69 Å². The van der Waals surface area contributed by atoms with E-state index in [2.05, 4.69) is 9.55 Å². The summed E-state index contributed by atoms with van der Waals surface area (Å²) in [5, 5.41) is 0.736. The van der Waals surface area contributed by atoms with Crippen LogP contribution in [0, 0.1) is 13.8 Å². The molecule has 1 aromatic carbocycles. The van der Waals surface area contributed by atoms with Crippen LogP contribution in [0.25, 0.3) is 0 Å². The van der Waals surface area contributed by atoms with Gasteiger partial charge in [-0.3, -0.25) is 0 Å². The lowest BCUT2D eigenvalue weighted by Crippen LogP contribution is -2.02. The van der Waals surface area contributed by atoms with Crippen LogP contribution in [0.5, 0.6) is 0 Å². The fourth-order valence-corrected chi connectivity index (χ4v) is 1.78. The number of aryl methyl sites for hydroxylation is 1. The Kier molecular flexibility index (Phi) is 2.88. The number of halogens is 1. The minimum absolute atomic E-state index is 0.705. The van der Waals surface area contributed by atoms with Gasteiger partial charge in [0.15, 0.2) is 0 Å². The summed E-state index contributed by atoms with van der Waals surface area (Å²) < 4.78 is 2.07. The second kappa shape index (κ2) is 4.18. The van der Waals surface area contributed by atoms with Crippen LogP contribution >= 0.6 is 11.6 Å². The number of hydrogen-bond donors (Lipinski definition) is 1. The third kappa shape index (κ3) is 2.04. The fourth-order valence-electron chi connectivity index (χ4n) is 1.60. The van der Waals surface area contributed by atoms with Gasteiger partial charge in [0.25, 0.3) is 0 Å². The molecule has 0 spiro atoms. The van der Waals surface area contributed by atoms with Crippen LogP contribution in [0.3, 0.4) is 0 Å². The number of nitrogens with zero attached hydrogens (tertiary/aromatic N) is 2. The third-order valence-corrected chi connectivity index (χ3v) is 3.12. The second-order valence-corrected chi connectivity index (χ2v) is 4.30. The summed E-state index contributed by atoms with van der Waals surface area (Å²) >= 11 is 6.12. The SMILES string of the molecule is Cc1ncn(Cc2cc(N)ccc2Cl)c1C. The van der Waals surface area contributed by atoms with Crippen molar-refractivity contribution in [2.45, 2.75) is 20.4 Å². The van der Waals surface area contributed by atoms with Crippen molar-refractivity contribution in [3.05, 3.63) is 46.5 Å². The third-order valence-electron chi connectivity index (χ3n) is 2.76. The molecule has 2 aromatic rings. The van der Waals surface area contributed by atoms with Gasteiger partial charge < -0.3 is 10.3 Å². The molecule has 0 radical (unpaired) electrons. The Bertz CT molecular complexity index is 517. The summed E-state index contributed by atoms with van der Waals surface area (Å²) in [5.41, 5.74) is 9.68. The molecule has 0 aliphatic rings. The van der Waals surface area contributed by atoms with Crippen LogP contribution in [-0.2, 0) is 6.54 Å². The maximum atomic E-state index is 6.12. The number of imidazole rings is 1. The molecule has 0 unspecified atom stereocenters. The van der Waals surface area contributed by atoms with E-state index in [1.807, 2.05) is 32.3 Å². The number of benzene rings is 1. The molecule has 2 N–H and O–H groups in total. The highest BCUT2D eigenvalue weighted by molar-refractivity contribution is 6.31. The summed E-state index contributed by atoms with van der Waals surface area (Å²) in [4.78, 5) is 4.25. The minimum atomic E-state index is 0.705. The first-order valence-corrected chi connectivity index (χ1v) is 5.48. The summed E-state index contributed by atoms with van der Waals surface area (Å²) in [7, 11) is 0. The normalized spacial score (nSPS) is 10.7. The van der Waals surface area contributed by atoms with E-state index in [-0.39, 0.29) is 0 Å². The van der Waals surface area contributed by atoms with E-state index in [1.54, 1.807) is 6.07 Å². The quantitative estimate of drug-likeness (QED) is 0.814. The van der Waals surface area contributed by atoms with Gasteiger partial charge in [-0.2, -0.15) is 0 Å². The van der Waals surface area contributed by atoms with E-state index >= 15 is 0 Å². The van der Waals surface area contributed by atoms with Gasteiger partial charge in [0, 0.05) is 16.4 Å². The first-order chi connectivity index (χ1) is 7.58. The van der Waals surface area contributed by atoms with Crippen molar-refractivity contribution in [1.82, 2.24) is 9.55 Å². The zero-order valence-corrected chi connectivity index (χ0v) is 10.1. The molecule has 0 fully saturated rings. The van der Waals surface area contributed by atoms with Gasteiger partial charge in [-0.15, -0.1) is 0 Å². The van der Waals surface area contributed by atoms with Gasteiger partial charge in [-0.05, 0) is 37.6 Å². The Balaban J connectivity index is 2.33. The lowest BCUT2D eigenvalue weighted by molar-refractivity contribution is 0.769. The fraction of sp³-hybridized carbons (Fsp3) is 0.250. The van der Waals surface area contributed by atoms with E-state index in [9.17, 15) is 0 Å². The lowest BCUT2D eigenvalue weighted by Gasteiger charge is -2.08. The van der Waals surface area contributed by atoms with Crippen molar-refractivity contribution in [2.75, 3.05) is 5.73 Å². The van der Waals surface area contributed by atoms with Crippen LogP contribution in [0.15, 0.2) is 24.5 Å². The molecule has 0 amide bonds. The van der Waals surface area contributed by atoms with Crippen LogP contribution in [0.2, 0.25) is 5.02 Å². The van der Waals surface area contributed by atoms with Crippen molar-refractivity contribution in [3.63, 3.8) is 0 Å². The first-order valence-electron chi connectivity index (χ1n) is 5.10. The van der Waals surface area contributed by atoms with Gasteiger partial charge in [-0.1, -0.05) is 11.6 Å². The summed E-state index contributed by atoms with van der Waals surface area (Å²) in [6.07, 6.45) is 1.82. The molecule has 0 saturated carbocycles. The second-order valence-electron chi connectivity index (χ2n) is 3.89. The van der Waals surface area contributed by atoms with E-state index in [0.29, 0.717) is 6.54 Å². The predicted molar refractivity (Wildman–Crippen MR) is 66.7 cm³/mol. The molecule has 0 saturated heterocycles. The van der Waals surface area contributed by atoms with Crippen molar-refractivity contribution >= 4 is 17.3 Å². The zero-order valence-electron chi connectivity index (χ0n) is 9.37. The van der Waals surface area contributed by atoms with Crippen LogP contribution < -0.4 is 5.73 Å². The largest absolute Gasteiger partial charge is 0.399 e. The number of nitrogens with two attached hydrogens (primary N) is 1. The summed E-state index contributed by atoms with van der Waals surface area (Å²) in [6, 6.07) is 5.53. The van der Waals surface area contributed by atoms with Gasteiger partial charge in [0.1, 0.15) is 0 Å². The molecule has 3 nitrogen and oxygen atoms in total. The topological polar surface area (TPSA) is 43.8 Å². The maximum Gasteiger partial charge on any atom is 0.0954 e. The van der Waals surface area contributed by atoms with E-state index in [1.165, 1.54) is 0 Å². The molecular weight excluding hydrogens is 222 g/mol. The maximum absolute atomic E-state index is 6.12. The highest BCUT2D eigenvalue weighted by Crippen LogP contribution is 2.20. The van der Waals surface area contributed by atoms with E-state index < -0.39 is 0 Å². The number of nitrogen functional groups attached to an aromatic ring is 1. The molecule has 2 rings (SSSR count). The van der Waals surface area contributed by atoms with Gasteiger partial charge >= 0.3 is 0 Å². The number of rotatable bonds is 2. The van der Waals surface area contributed by atoms with Crippen molar-refractivity contribution in [3.8, 4) is 0 Å². The zero-order chi connectivity index (χ0) is 11.7. The Labute approximate surface area is 99.9 Å². The Morgan fingerprint density at radius 2 is 2.12 bits per heavy atom. The smallest absolute Gasteiger partial charge is 0.0954 e. The number of anilines is 1. The van der Waals surface area contributed by atoms with Crippen molar-refractivity contribution in [1.29, 1.82) is 0 Å². The number of hydrogen-bond acceptors (Lipinski definition) is 2. The predicted octanol–water partition coefficient (Wildman–Crippen LogP) is 2.78. The Hall–Kier alpha value is -1.48. The van der Waals surface area contributed by atoms with Gasteiger partial charge in [0.05, 0.1) is 18.6 Å². The molecule has 1 aromatic heterocycles. The molecule has 1 heterocycles. The van der Waals surface area contributed by atoms with Crippen molar-refractivity contribution < 1.29 is 0 Å². The summed E-state index contributed by atoms with van der Waals surface area (Å²) in [5.74, 6) is 0. The molecule has 4 heteroatoms. The van der Waals surface area contributed by atoms with Gasteiger partial charge in [0.2, 0.25) is 0 Å². The highest BCUT2D eigenvalue weighted by Gasteiger charge is 2.05. The molecule has 84 valence electrons.